The number of nitrogens with zero attached hydrogens (tertiary/aromatic N) is 2. The zero-order valence-corrected chi connectivity index (χ0v) is 11.4. The van der Waals surface area contributed by atoms with Crippen LogP contribution in [0.5, 0.6) is 0 Å². The molecule has 2 N–H and O–H groups in total. The Morgan fingerprint density at radius 1 is 1.65 bits per heavy atom. The topological polar surface area (TPSA) is 59.2 Å². The van der Waals surface area contributed by atoms with E-state index in [1.807, 2.05) is 17.9 Å². The van der Waals surface area contributed by atoms with Gasteiger partial charge in [-0.25, -0.2) is 4.98 Å². The van der Waals surface area contributed by atoms with Crippen LogP contribution in [0.4, 0.5) is 0 Å². The van der Waals surface area contributed by atoms with Gasteiger partial charge in [-0.05, 0) is 47.3 Å². The summed E-state index contributed by atoms with van der Waals surface area (Å²) < 4.78 is 0.879. The Morgan fingerprint density at radius 3 is 2.94 bits per heavy atom. The smallest absolute Gasteiger partial charge is 0.272 e. The summed E-state index contributed by atoms with van der Waals surface area (Å²) >= 11 is 3.30. The molecule has 1 amide bonds. The molecule has 4 nitrogen and oxygen atoms in total. The number of amides is 1. The predicted octanol–water partition coefficient (Wildman–Crippen LogP) is 1.65. The van der Waals surface area contributed by atoms with Crippen molar-refractivity contribution in [2.45, 2.75) is 19.4 Å². The Balaban J connectivity index is 2.04. The van der Waals surface area contributed by atoms with Gasteiger partial charge in [0.15, 0.2) is 0 Å². The molecule has 0 aromatic carbocycles. The summed E-state index contributed by atoms with van der Waals surface area (Å²) in [4.78, 5) is 18.1. The number of aromatic nitrogens is 1. The number of hydrogen-bond donors (Lipinski definition) is 1. The third kappa shape index (κ3) is 2.84. The standard InChI is InChI=1S/C12H16BrN3O/c1-8(14)9-4-5-16(7-9)12(17)11-3-2-10(13)6-15-11/h2-3,6,8-9H,4-5,7,14H2,1H3. The van der Waals surface area contributed by atoms with Crippen molar-refractivity contribution < 1.29 is 4.79 Å². The quantitative estimate of drug-likeness (QED) is 0.903. The van der Waals surface area contributed by atoms with E-state index in [-0.39, 0.29) is 11.9 Å². The highest BCUT2D eigenvalue weighted by Crippen LogP contribution is 2.20. The maximum absolute atomic E-state index is 12.1. The van der Waals surface area contributed by atoms with Crippen LogP contribution in [0, 0.1) is 5.92 Å². The monoisotopic (exact) mass is 297 g/mol. The Kier molecular flexibility index (Phi) is 3.79. The highest BCUT2D eigenvalue weighted by atomic mass is 79.9. The summed E-state index contributed by atoms with van der Waals surface area (Å²) in [5.41, 5.74) is 6.36. The molecule has 0 spiro atoms. The van der Waals surface area contributed by atoms with E-state index in [0.717, 1.165) is 24.0 Å². The summed E-state index contributed by atoms with van der Waals surface area (Å²) in [5, 5.41) is 0. The number of likely N-dealkylation sites (tertiary alicyclic amines) is 1. The average molecular weight is 298 g/mol. The second-order valence-corrected chi connectivity index (χ2v) is 5.44. The number of nitrogens with two attached hydrogens (primary N) is 1. The lowest BCUT2D eigenvalue weighted by atomic mass is 10.0. The van der Waals surface area contributed by atoms with E-state index in [1.54, 1.807) is 12.3 Å². The lowest BCUT2D eigenvalue weighted by Crippen LogP contribution is -2.33. The fraction of sp³-hybridized carbons (Fsp3) is 0.500. The molecule has 0 saturated carbocycles. The van der Waals surface area contributed by atoms with Crippen LogP contribution in [-0.4, -0.2) is 34.9 Å². The van der Waals surface area contributed by atoms with Crippen LogP contribution >= 0.6 is 15.9 Å². The highest BCUT2D eigenvalue weighted by Gasteiger charge is 2.29. The van der Waals surface area contributed by atoms with Crippen LogP contribution in [0.3, 0.4) is 0 Å². The van der Waals surface area contributed by atoms with Crippen LogP contribution in [0.15, 0.2) is 22.8 Å². The van der Waals surface area contributed by atoms with Gasteiger partial charge >= 0.3 is 0 Å². The van der Waals surface area contributed by atoms with Crippen molar-refractivity contribution in [3.05, 3.63) is 28.5 Å². The van der Waals surface area contributed by atoms with Gasteiger partial charge in [-0.1, -0.05) is 0 Å². The second kappa shape index (κ2) is 5.14. The molecule has 1 aromatic rings. The maximum atomic E-state index is 12.1. The summed E-state index contributed by atoms with van der Waals surface area (Å²) in [6, 6.07) is 3.72. The molecular weight excluding hydrogens is 282 g/mol. The highest BCUT2D eigenvalue weighted by molar-refractivity contribution is 9.10. The molecule has 92 valence electrons. The summed E-state index contributed by atoms with van der Waals surface area (Å²) in [7, 11) is 0. The Morgan fingerprint density at radius 2 is 2.41 bits per heavy atom. The van der Waals surface area contributed by atoms with Gasteiger partial charge in [-0.3, -0.25) is 4.79 Å². The first kappa shape index (κ1) is 12.5. The Labute approximate surface area is 109 Å². The lowest BCUT2D eigenvalue weighted by Gasteiger charge is -2.17. The molecule has 1 aliphatic rings. The third-order valence-corrected chi connectivity index (χ3v) is 3.67. The lowest BCUT2D eigenvalue weighted by molar-refractivity contribution is 0.0780. The summed E-state index contributed by atoms with van der Waals surface area (Å²) in [5.74, 6) is 0.412. The van der Waals surface area contributed by atoms with E-state index in [4.69, 9.17) is 5.73 Å². The summed E-state index contributed by atoms with van der Waals surface area (Å²) in [6.07, 6.45) is 2.63. The van der Waals surface area contributed by atoms with Gasteiger partial charge in [-0.2, -0.15) is 0 Å². The Hall–Kier alpha value is -0.940. The number of hydrogen-bond acceptors (Lipinski definition) is 3. The first-order valence-corrected chi connectivity index (χ1v) is 6.53. The van der Waals surface area contributed by atoms with Gasteiger partial charge in [0, 0.05) is 29.8 Å². The molecule has 1 aliphatic heterocycles. The van der Waals surface area contributed by atoms with E-state index < -0.39 is 0 Å². The minimum atomic E-state index is 0.000602. The fourth-order valence-corrected chi connectivity index (χ4v) is 2.30. The number of pyridine rings is 1. The van der Waals surface area contributed by atoms with Gasteiger partial charge < -0.3 is 10.6 Å². The maximum Gasteiger partial charge on any atom is 0.272 e. The van der Waals surface area contributed by atoms with Crippen LogP contribution in [-0.2, 0) is 0 Å². The van der Waals surface area contributed by atoms with Gasteiger partial charge in [0.1, 0.15) is 5.69 Å². The minimum Gasteiger partial charge on any atom is -0.337 e. The van der Waals surface area contributed by atoms with Gasteiger partial charge in [0.25, 0.3) is 5.91 Å². The van der Waals surface area contributed by atoms with E-state index in [9.17, 15) is 4.79 Å². The van der Waals surface area contributed by atoms with E-state index >= 15 is 0 Å². The fourth-order valence-electron chi connectivity index (χ4n) is 2.07. The normalized spacial score (nSPS) is 21.6. The van der Waals surface area contributed by atoms with Crippen molar-refractivity contribution in [2.75, 3.05) is 13.1 Å². The molecule has 2 unspecified atom stereocenters. The number of carbonyl (C=O) groups excluding carboxylic acids is 1. The first-order chi connectivity index (χ1) is 8.08. The van der Waals surface area contributed by atoms with Crippen molar-refractivity contribution >= 4 is 21.8 Å². The van der Waals surface area contributed by atoms with Gasteiger partial charge in [0.2, 0.25) is 0 Å². The minimum absolute atomic E-state index is 0.000602. The molecule has 1 saturated heterocycles. The number of halogens is 1. The van der Waals surface area contributed by atoms with E-state index in [1.165, 1.54) is 0 Å². The molecule has 2 rings (SSSR count). The van der Waals surface area contributed by atoms with Crippen molar-refractivity contribution in [3.8, 4) is 0 Å². The Bertz CT molecular complexity index is 405. The molecule has 2 atom stereocenters. The molecule has 5 heteroatoms. The molecule has 1 aromatic heterocycles. The van der Waals surface area contributed by atoms with Crippen molar-refractivity contribution in [3.63, 3.8) is 0 Å². The third-order valence-electron chi connectivity index (χ3n) is 3.20. The van der Waals surface area contributed by atoms with Crippen molar-refractivity contribution in [1.29, 1.82) is 0 Å². The van der Waals surface area contributed by atoms with Crippen LogP contribution in [0.1, 0.15) is 23.8 Å². The van der Waals surface area contributed by atoms with Crippen molar-refractivity contribution in [1.82, 2.24) is 9.88 Å². The number of rotatable bonds is 2. The van der Waals surface area contributed by atoms with Gasteiger partial charge in [-0.15, -0.1) is 0 Å². The molecule has 2 heterocycles. The molecule has 1 fully saturated rings. The second-order valence-electron chi connectivity index (χ2n) is 4.52. The van der Waals surface area contributed by atoms with Crippen molar-refractivity contribution in [2.24, 2.45) is 11.7 Å². The van der Waals surface area contributed by atoms with Crippen LogP contribution < -0.4 is 5.73 Å². The zero-order chi connectivity index (χ0) is 12.4. The van der Waals surface area contributed by atoms with Gasteiger partial charge in [0.05, 0.1) is 0 Å². The predicted molar refractivity (Wildman–Crippen MR) is 69.6 cm³/mol. The number of carbonyl (C=O) groups is 1. The SMILES string of the molecule is CC(N)C1CCN(C(=O)c2ccc(Br)cn2)C1. The summed E-state index contributed by atoms with van der Waals surface area (Å²) in [6.45, 7) is 3.52. The molecule has 17 heavy (non-hydrogen) atoms. The molecule has 0 bridgehead atoms. The van der Waals surface area contributed by atoms with Crippen LogP contribution in [0.2, 0.25) is 0 Å². The zero-order valence-electron chi connectivity index (χ0n) is 9.77. The molecular formula is C12H16BrN3O. The molecule has 0 radical (unpaired) electrons. The molecule has 0 aliphatic carbocycles. The average Bonchev–Trinajstić information content (AvgIpc) is 2.78. The van der Waals surface area contributed by atoms with Crippen LogP contribution in [0.25, 0.3) is 0 Å². The first-order valence-electron chi connectivity index (χ1n) is 5.74. The largest absolute Gasteiger partial charge is 0.337 e. The van der Waals surface area contributed by atoms with E-state index in [2.05, 4.69) is 20.9 Å². The van der Waals surface area contributed by atoms with E-state index in [0.29, 0.717) is 11.6 Å².